The van der Waals surface area contributed by atoms with Crippen LogP contribution in [-0.2, 0) is 29.9 Å². The molecule has 2 aromatic carbocycles. The maximum Gasteiger partial charge on any atom is 2.00 e. The van der Waals surface area contributed by atoms with E-state index in [1.54, 1.807) is 55.6 Å². The molecule has 0 N–H and O–H groups in total. The summed E-state index contributed by atoms with van der Waals surface area (Å²) in [5, 5.41) is 0. The van der Waals surface area contributed by atoms with Gasteiger partial charge in [0.25, 0.3) is 0 Å². The molecule has 31 heavy (non-hydrogen) atoms. The third-order valence-electron chi connectivity index (χ3n) is 7.02. The van der Waals surface area contributed by atoms with Crippen molar-refractivity contribution in [1.82, 2.24) is 0 Å². The van der Waals surface area contributed by atoms with Gasteiger partial charge in [-0.3, -0.25) is 0 Å². The molecule has 178 valence electrons. The van der Waals surface area contributed by atoms with Crippen LogP contribution in [0, 0.1) is 27.7 Å². The molecule has 0 spiro atoms. The first-order valence-electron chi connectivity index (χ1n) is 12.4. The molecule has 0 nitrogen and oxygen atoms in total. The van der Waals surface area contributed by atoms with Gasteiger partial charge in [-0.1, -0.05) is 133 Å². The van der Waals surface area contributed by atoms with Crippen molar-refractivity contribution in [3.05, 3.63) is 55.6 Å². The molecule has 0 bridgehead atoms. The second-order valence-corrected chi connectivity index (χ2v) is 10.4. The summed E-state index contributed by atoms with van der Waals surface area (Å²) in [6.07, 6.45) is 2.34. The van der Waals surface area contributed by atoms with Gasteiger partial charge in [0, 0.05) is 0 Å². The minimum absolute atomic E-state index is 0. The normalized spacial score (nSPS) is 11.4. The van der Waals surface area contributed by atoms with Crippen molar-refractivity contribution in [3.8, 4) is 0 Å². The summed E-state index contributed by atoms with van der Waals surface area (Å²) in [6.45, 7) is 32.2. The van der Waals surface area contributed by atoms with Crippen LogP contribution in [-0.4, -0.2) is 0 Å². The molecule has 0 aromatic heterocycles. The number of rotatable bonds is 6. The average Bonchev–Trinajstić information content (AvgIpc) is 3.04. The first-order valence-corrected chi connectivity index (χ1v) is 12.4. The van der Waals surface area contributed by atoms with E-state index in [0.29, 0.717) is 23.7 Å². The first kappa shape index (κ1) is 30.2. The third kappa shape index (κ3) is 6.17. The Hall–Kier alpha value is -0.781. The number of hydrogen-bond donors (Lipinski definition) is 0. The first-order chi connectivity index (χ1) is 13.8. The van der Waals surface area contributed by atoms with E-state index >= 15 is 0 Å². The molecule has 0 heterocycles. The van der Waals surface area contributed by atoms with Crippen molar-refractivity contribution in [2.45, 2.75) is 133 Å². The Balaban J connectivity index is 0.000000562. The van der Waals surface area contributed by atoms with Gasteiger partial charge in [-0.25, -0.2) is 0 Å². The molecule has 0 amide bonds. The van der Waals surface area contributed by atoms with Crippen LogP contribution >= 0.6 is 0 Å². The summed E-state index contributed by atoms with van der Waals surface area (Å²) in [5.74, 6) is 2.62. The third-order valence-corrected chi connectivity index (χ3v) is 7.02. The topological polar surface area (TPSA) is 0 Å². The van der Waals surface area contributed by atoms with E-state index in [2.05, 4.69) is 96.9 Å². The Morgan fingerprint density at radius 2 is 0.613 bits per heavy atom. The molecule has 0 saturated heterocycles. The van der Waals surface area contributed by atoms with E-state index in [4.69, 9.17) is 0 Å². The summed E-state index contributed by atoms with van der Waals surface area (Å²) in [5.41, 5.74) is 15.8. The quantitative estimate of drug-likeness (QED) is 0.294. The van der Waals surface area contributed by atoms with Crippen LogP contribution in [0.15, 0.2) is 0 Å². The summed E-state index contributed by atoms with van der Waals surface area (Å²) >= 11 is 0. The van der Waals surface area contributed by atoms with Crippen LogP contribution in [0.4, 0.5) is 0 Å². The smallest absolute Gasteiger partial charge is 0.190 e. The molecule has 0 aliphatic rings. The monoisotopic (exact) mass is 466 g/mol. The van der Waals surface area contributed by atoms with E-state index in [1.807, 2.05) is 0 Å². The predicted octanol–water partition coefficient (Wildman–Crippen LogP) is 9.66. The van der Waals surface area contributed by atoms with Crippen molar-refractivity contribution in [2.75, 3.05) is 0 Å². The molecule has 1 heteroatoms. The number of hydrogen-bond acceptors (Lipinski definition) is 0. The second-order valence-electron chi connectivity index (χ2n) is 10.4. The van der Waals surface area contributed by atoms with Crippen molar-refractivity contribution in [2.24, 2.45) is 0 Å². The molecular weight excluding hydrogens is 416 g/mol. The fraction of sp³-hybridized carbons (Fsp3) is 0.667. The van der Waals surface area contributed by atoms with E-state index in [0.717, 1.165) is 0 Å². The fourth-order valence-corrected chi connectivity index (χ4v) is 6.06. The minimum atomic E-state index is 0. The zero-order valence-corrected chi connectivity index (χ0v) is 24.2. The van der Waals surface area contributed by atoms with E-state index < -0.39 is 0 Å². The molecule has 0 radical (unpaired) electrons. The molecule has 0 aliphatic carbocycles. The van der Waals surface area contributed by atoms with Crippen molar-refractivity contribution >= 4 is 0 Å². The van der Waals surface area contributed by atoms with E-state index in [9.17, 15) is 0 Å². The maximum atomic E-state index is 2.31. The SMILES string of the molecule is CC[c-]1c(C)c(C(C)C)c(C(C)C)c1C.CC[c-]1c(C)c(C(C)C)c(C(C)C)c1C.[Fe+2]. The van der Waals surface area contributed by atoms with Gasteiger partial charge >= 0.3 is 17.1 Å². The largest absolute Gasteiger partial charge is 2.00 e. The summed E-state index contributed by atoms with van der Waals surface area (Å²) in [6, 6.07) is 0. The van der Waals surface area contributed by atoms with Gasteiger partial charge in [0.05, 0.1) is 0 Å². The Kier molecular flexibility index (Phi) is 12.1. The van der Waals surface area contributed by atoms with Crippen molar-refractivity contribution in [3.63, 3.8) is 0 Å². The average molecular weight is 467 g/mol. The predicted molar refractivity (Wildman–Crippen MR) is 138 cm³/mol. The van der Waals surface area contributed by atoms with Gasteiger partial charge in [-0.15, -0.1) is 0 Å². The minimum Gasteiger partial charge on any atom is -0.190 e. The molecule has 0 atom stereocenters. The van der Waals surface area contributed by atoms with Crippen LogP contribution < -0.4 is 0 Å². The van der Waals surface area contributed by atoms with Crippen LogP contribution in [0.3, 0.4) is 0 Å². The Morgan fingerprint density at radius 1 is 0.452 bits per heavy atom. The van der Waals surface area contributed by atoms with Crippen LogP contribution in [0.5, 0.6) is 0 Å². The van der Waals surface area contributed by atoms with Crippen LogP contribution in [0.2, 0.25) is 0 Å². The van der Waals surface area contributed by atoms with Crippen molar-refractivity contribution in [1.29, 1.82) is 0 Å². The van der Waals surface area contributed by atoms with E-state index in [1.165, 1.54) is 12.8 Å². The standard InChI is InChI=1S/2C15H25.Fe/c2*1-8-13-11(6)14(9(2)3)15(10(4)5)12(13)7;/h2*9-10H,8H2,1-7H3;/q2*-1;+2. The summed E-state index contributed by atoms with van der Waals surface area (Å²) in [4.78, 5) is 0. The summed E-state index contributed by atoms with van der Waals surface area (Å²) in [7, 11) is 0. The maximum absolute atomic E-state index is 2.31. The summed E-state index contributed by atoms with van der Waals surface area (Å²) < 4.78 is 0. The van der Waals surface area contributed by atoms with Crippen LogP contribution in [0.25, 0.3) is 0 Å². The van der Waals surface area contributed by atoms with Crippen molar-refractivity contribution < 1.29 is 17.1 Å². The van der Waals surface area contributed by atoms with E-state index in [-0.39, 0.29) is 17.1 Å². The zero-order valence-electron chi connectivity index (χ0n) is 23.1. The molecule has 0 aliphatic heterocycles. The fourth-order valence-electron chi connectivity index (χ4n) is 6.06. The van der Waals surface area contributed by atoms with Gasteiger partial charge in [0.15, 0.2) is 0 Å². The van der Waals surface area contributed by atoms with Gasteiger partial charge in [0.2, 0.25) is 0 Å². The molecule has 0 saturated carbocycles. The zero-order chi connectivity index (χ0) is 23.5. The molecule has 0 unspecified atom stereocenters. The Labute approximate surface area is 205 Å². The molecule has 2 rings (SSSR count). The van der Waals surface area contributed by atoms with Crippen LogP contribution in [0.1, 0.15) is 149 Å². The Bertz CT molecular complexity index is 688. The molecular formula is C30H50Fe. The van der Waals surface area contributed by atoms with Gasteiger partial charge in [-0.05, 0) is 0 Å². The Morgan fingerprint density at radius 3 is 0.710 bits per heavy atom. The van der Waals surface area contributed by atoms with Gasteiger partial charge < -0.3 is 0 Å². The molecule has 2 aromatic rings. The second kappa shape index (κ2) is 12.5. The van der Waals surface area contributed by atoms with Gasteiger partial charge in [-0.2, -0.15) is 55.6 Å². The molecule has 0 fully saturated rings. The van der Waals surface area contributed by atoms with Gasteiger partial charge in [0.1, 0.15) is 0 Å².